The van der Waals surface area contributed by atoms with Crippen molar-refractivity contribution >= 4 is 21.6 Å². The molecule has 0 radical (unpaired) electrons. The quantitative estimate of drug-likeness (QED) is 0.629. The Morgan fingerprint density at radius 2 is 1.90 bits per heavy atom. The number of amides is 1. The van der Waals surface area contributed by atoms with Gasteiger partial charge in [-0.05, 0) is 53.9 Å². The van der Waals surface area contributed by atoms with E-state index < -0.39 is 10.0 Å². The van der Waals surface area contributed by atoms with Crippen molar-refractivity contribution in [1.82, 2.24) is 4.90 Å². The summed E-state index contributed by atoms with van der Waals surface area (Å²) in [6, 6.07) is 13.2. The number of hydrogen-bond donors (Lipinski definition) is 1. The van der Waals surface area contributed by atoms with Gasteiger partial charge in [0.25, 0.3) is 15.9 Å². The molecule has 1 aliphatic heterocycles. The van der Waals surface area contributed by atoms with Gasteiger partial charge in [0.1, 0.15) is 16.4 Å². The molecule has 3 aromatic rings. The summed E-state index contributed by atoms with van der Waals surface area (Å²) in [4.78, 5) is 14.3. The highest BCUT2D eigenvalue weighted by Gasteiger charge is 2.25. The SMILES string of the molecule is COc1ccc(OC)c(S(=O)(=O)Nc2ccc3c(c2)CN(C(=O)c2ccco2)CC3)c1. The Bertz CT molecular complexity index is 1200. The molecule has 2 heterocycles. The maximum absolute atomic E-state index is 13.0. The lowest BCUT2D eigenvalue weighted by Gasteiger charge is -2.28. The van der Waals surface area contributed by atoms with Gasteiger partial charge in [-0.25, -0.2) is 8.42 Å². The minimum atomic E-state index is -3.93. The summed E-state index contributed by atoms with van der Waals surface area (Å²) in [5.74, 6) is 0.702. The van der Waals surface area contributed by atoms with Crippen LogP contribution in [-0.4, -0.2) is 40.0 Å². The summed E-state index contributed by atoms with van der Waals surface area (Å²) in [7, 11) is -1.06. The summed E-state index contributed by atoms with van der Waals surface area (Å²) in [6.45, 7) is 0.936. The predicted molar refractivity (Wildman–Crippen MR) is 114 cm³/mol. The van der Waals surface area contributed by atoms with Gasteiger partial charge in [0, 0.05) is 24.8 Å². The van der Waals surface area contributed by atoms with Crippen molar-refractivity contribution in [2.45, 2.75) is 17.9 Å². The molecule has 0 spiro atoms. The first-order valence-electron chi connectivity index (χ1n) is 9.60. The van der Waals surface area contributed by atoms with Gasteiger partial charge in [0.15, 0.2) is 5.76 Å². The Morgan fingerprint density at radius 3 is 2.61 bits per heavy atom. The van der Waals surface area contributed by atoms with Crippen molar-refractivity contribution in [3.63, 3.8) is 0 Å². The number of methoxy groups -OCH3 is 2. The maximum Gasteiger partial charge on any atom is 0.289 e. The van der Waals surface area contributed by atoms with Crippen LogP contribution in [0.15, 0.2) is 64.1 Å². The van der Waals surface area contributed by atoms with Crippen molar-refractivity contribution in [1.29, 1.82) is 0 Å². The van der Waals surface area contributed by atoms with Crippen LogP contribution in [0.25, 0.3) is 0 Å². The number of furan rings is 1. The van der Waals surface area contributed by atoms with Crippen molar-refractivity contribution in [3.05, 3.63) is 71.7 Å². The van der Waals surface area contributed by atoms with Crippen molar-refractivity contribution in [2.24, 2.45) is 0 Å². The van der Waals surface area contributed by atoms with Crippen molar-refractivity contribution in [3.8, 4) is 11.5 Å². The summed E-state index contributed by atoms with van der Waals surface area (Å²) in [5, 5.41) is 0. The number of rotatable bonds is 6. The molecule has 0 fully saturated rings. The monoisotopic (exact) mass is 442 g/mol. The van der Waals surface area contributed by atoms with Crippen molar-refractivity contribution < 1.29 is 27.1 Å². The third kappa shape index (κ3) is 4.22. The number of benzene rings is 2. The lowest BCUT2D eigenvalue weighted by molar-refractivity contribution is 0.0702. The minimum Gasteiger partial charge on any atom is -0.497 e. The third-order valence-corrected chi connectivity index (χ3v) is 6.55. The summed E-state index contributed by atoms with van der Waals surface area (Å²) < 4.78 is 44.2. The summed E-state index contributed by atoms with van der Waals surface area (Å²) >= 11 is 0. The molecule has 1 amide bonds. The van der Waals surface area contributed by atoms with Gasteiger partial charge in [-0.3, -0.25) is 9.52 Å². The second kappa shape index (κ2) is 8.35. The van der Waals surface area contributed by atoms with E-state index in [9.17, 15) is 13.2 Å². The largest absolute Gasteiger partial charge is 0.497 e. The lowest BCUT2D eigenvalue weighted by atomic mass is 9.99. The zero-order valence-electron chi connectivity index (χ0n) is 17.1. The fourth-order valence-electron chi connectivity index (χ4n) is 3.55. The first-order valence-corrected chi connectivity index (χ1v) is 11.1. The average Bonchev–Trinajstić information content (AvgIpc) is 3.32. The molecule has 4 rings (SSSR count). The molecule has 0 bridgehead atoms. The van der Waals surface area contributed by atoms with Crippen LogP contribution in [0, 0.1) is 0 Å². The van der Waals surface area contributed by atoms with E-state index in [0.29, 0.717) is 30.9 Å². The number of fused-ring (bicyclic) bond motifs is 1. The maximum atomic E-state index is 13.0. The van der Waals surface area contributed by atoms with Gasteiger partial charge in [0.05, 0.1) is 20.5 Å². The van der Waals surface area contributed by atoms with E-state index in [2.05, 4.69) is 4.72 Å². The Balaban J connectivity index is 1.59. The number of carbonyl (C=O) groups excluding carboxylic acids is 1. The predicted octanol–water partition coefficient (Wildman–Crippen LogP) is 3.30. The highest BCUT2D eigenvalue weighted by atomic mass is 32.2. The van der Waals surface area contributed by atoms with Crippen LogP contribution < -0.4 is 14.2 Å². The fraction of sp³-hybridized carbons (Fsp3) is 0.227. The number of sulfonamides is 1. The zero-order chi connectivity index (χ0) is 22.0. The van der Waals surface area contributed by atoms with E-state index in [1.54, 1.807) is 41.3 Å². The molecule has 0 atom stereocenters. The smallest absolute Gasteiger partial charge is 0.289 e. The van der Waals surface area contributed by atoms with Crippen LogP contribution in [0.4, 0.5) is 5.69 Å². The van der Waals surface area contributed by atoms with Crippen LogP contribution in [0.3, 0.4) is 0 Å². The Hall–Kier alpha value is -3.46. The van der Waals surface area contributed by atoms with Gasteiger partial charge in [-0.2, -0.15) is 0 Å². The van der Waals surface area contributed by atoms with Gasteiger partial charge < -0.3 is 18.8 Å². The van der Waals surface area contributed by atoms with Crippen LogP contribution in [0.1, 0.15) is 21.7 Å². The van der Waals surface area contributed by atoms with Crippen molar-refractivity contribution in [2.75, 3.05) is 25.5 Å². The molecule has 8 nitrogen and oxygen atoms in total. The Labute approximate surface area is 180 Å². The average molecular weight is 442 g/mol. The van der Waals surface area contributed by atoms with Gasteiger partial charge >= 0.3 is 0 Å². The third-order valence-electron chi connectivity index (χ3n) is 5.15. The first kappa shape index (κ1) is 20.8. The Kier molecular flexibility index (Phi) is 5.60. The number of ether oxygens (including phenoxy) is 2. The van der Waals surface area contributed by atoms with Gasteiger partial charge in [-0.15, -0.1) is 0 Å². The standard InChI is InChI=1S/C22H22N2O6S/c1-28-18-7-8-19(29-2)21(13-18)31(26,27)23-17-6-5-15-9-10-24(14-16(15)12-17)22(25)20-4-3-11-30-20/h3-8,11-13,23H,9-10,14H2,1-2H3. The molecule has 9 heteroatoms. The molecule has 0 unspecified atom stereocenters. The first-order chi connectivity index (χ1) is 14.9. The van der Waals surface area contributed by atoms with Crippen LogP contribution in [0.2, 0.25) is 0 Å². The topological polar surface area (TPSA) is 98.1 Å². The number of hydrogen-bond acceptors (Lipinski definition) is 6. The minimum absolute atomic E-state index is 0.0262. The molecule has 1 aliphatic rings. The fourth-order valence-corrected chi connectivity index (χ4v) is 4.79. The molecule has 162 valence electrons. The lowest BCUT2D eigenvalue weighted by Crippen LogP contribution is -2.35. The number of nitrogens with zero attached hydrogens (tertiary/aromatic N) is 1. The zero-order valence-corrected chi connectivity index (χ0v) is 17.9. The van der Waals surface area contributed by atoms with E-state index in [1.807, 2.05) is 6.07 Å². The molecule has 0 saturated carbocycles. The van der Waals surface area contributed by atoms with Gasteiger partial charge in [0.2, 0.25) is 0 Å². The van der Waals surface area contributed by atoms with E-state index in [-0.39, 0.29) is 22.3 Å². The molecule has 31 heavy (non-hydrogen) atoms. The number of carbonyl (C=O) groups is 1. The second-order valence-corrected chi connectivity index (χ2v) is 8.71. The van der Waals surface area contributed by atoms with Crippen LogP contribution >= 0.6 is 0 Å². The number of anilines is 1. The number of nitrogens with one attached hydrogen (secondary N) is 1. The van der Waals surface area contributed by atoms with E-state index in [0.717, 1.165) is 11.1 Å². The summed E-state index contributed by atoms with van der Waals surface area (Å²) in [5.41, 5.74) is 2.35. The second-order valence-electron chi connectivity index (χ2n) is 7.06. The summed E-state index contributed by atoms with van der Waals surface area (Å²) in [6.07, 6.45) is 2.14. The molecule has 1 aromatic heterocycles. The van der Waals surface area contributed by atoms with E-state index in [4.69, 9.17) is 13.9 Å². The van der Waals surface area contributed by atoms with Crippen LogP contribution in [0.5, 0.6) is 11.5 Å². The van der Waals surface area contributed by atoms with Crippen LogP contribution in [-0.2, 0) is 23.0 Å². The van der Waals surface area contributed by atoms with Gasteiger partial charge in [-0.1, -0.05) is 6.07 Å². The normalized spacial score (nSPS) is 13.4. The highest BCUT2D eigenvalue weighted by molar-refractivity contribution is 7.92. The Morgan fingerprint density at radius 1 is 1.06 bits per heavy atom. The highest BCUT2D eigenvalue weighted by Crippen LogP contribution is 2.31. The molecular formula is C22H22N2O6S. The molecule has 0 saturated heterocycles. The van der Waals surface area contributed by atoms with E-state index >= 15 is 0 Å². The molecule has 2 aromatic carbocycles. The molecule has 0 aliphatic carbocycles. The molecule has 1 N–H and O–H groups in total. The van der Waals surface area contributed by atoms with E-state index in [1.165, 1.54) is 26.5 Å². The molecular weight excluding hydrogens is 420 g/mol.